The quantitative estimate of drug-likeness (QED) is 0.181. The minimum Gasteiger partial charge on any atom is -0.309 e. The molecule has 0 atom stereocenters. The first kappa shape index (κ1) is 30.4. The summed E-state index contributed by atoms with van der Waals surface area (Å²) in [5.41, 5.74) is 16.4. The molecule has 57 heavy (non-hydrogen) atoms. The normalized spacial score (nSPS) is 12.2. The summed E-state index contributed by atoms with van der Waals surface area (Å²) in [6.45, 7) is 0. The van der Waals surface area contributed by atoms with Crippen LogP contribution in [0.2, 0.25) is 0 Å². The molecule has 0 saturated carbocycles. The number of imidazole rings is 4. The van der Waals surface area contributed by atoms with E-state index in [0.717, 1.165) is 83.8 Å². The average molecular weight is 730 g/mol. The van der Waals surface area contributed by atoms with E-state index in [4.69, 9.17) is 9.97 Å². The summed E-state index contributed by atoms with van der Waals surface area (Å²) in [4.78, 5) is 10.4. The van der Waals surface area contributed by atoms with Gasteiger partial charge in [-0.05, 0) is 96.1 Å². The van der Waals surface area contributed by atoms with Gasteiger partial charge in [0.05, 0.1) is 66.5 Å². The van der Waals surface area contributed by atoms with E-state index < -0.39 is 0 Å². The second-order valence-electron chi connectivity index (χ2n) is 14.8. The Balaban J connectivity index is 1.04. The zero-order valence-corrected chi connectivity index (χ0v) is 30.5. The summed E-state index contributed by atoms with van der Waals surface area (Å²) in [6, 6.07) is 67.1. The van der Waals surface area contributed by atoms with Gasteiger partial charge in [0.2, 0.25) is 11.6 Å². The number of aromatic nitrogens is 7. The molecular formula is C50H31N7. The highest BCUT2D eigenvalue weighted by molar-refractivity contribution is 6.10. The summed E-state index contributed by atoms with van der Waals surface area (Å²) in [5, 5.41) is 2.41. The van der Waals surface area contributed by atoms with Crippen molar-refractivity contribution in [3.8, 4) is 28.2 Å². The number of hydrogen-bond acceptors (Lipinski definition) is 2. The number of benzene rings is 8. The maximum atomic E-state index is 5.27. The lowest BCUT2D eigenvalue weighted by Crippen LogP contribution is -2.00. The predicted octanol–water partition coefficient (Wildman–Crippen LogP) is 11.9. The second-order valence-corrected chi connectivity index (χ2v) is 14.8. The molecule has 0 fully saturated rings. The third-order valence-electron chi connectivity index (χ3n) is 11.7. The second kappa shape index (κ2) is 11.3. The Bertz CT molecular complexity index is 3760. The van der Waals surface area contributed by atoms with Gasteiger partial charge in [-0.3, -0.25) is 17.9 Å². The first-order chi connectivity index (χ1) is 28.3. The number of hydrogen-bond donors (Lipinski definition) is 0. The van der Waals surface area contributed by atoms with Crippen LogP contribution in [0.15, 0.2) is 188 Å². The molecule has 0 saturated heterocycles. The minimum atomic E-state index is 0.883. The van der Waals surface area contributed by atoms with Crippen LogP contribution in [-0.2, 0) is 0 Å². The first-order valence-corrected chi connectivity index (χ1v) is 19.3. The molecule has 0 amide bonds. The monoisotopic (exact) mass is 729 g/mol. The predicted molar refractivity (Wildman–Crippen MR) is 232 cm³/mol. The fourth-order valence-electron chi connectivity index (χ4n) is 9.22. The molecule has 0 radical (unpaired) electrons. The molecule has 266 valence electrons. The molecule has 7 nitrogen and oxygen atoms in total. The van der Waals surface area contributed by atoms with Crippen LogP contribution in [0.5, 0.6) is 0 Å². The van der Waals surface area contributed by atoms with Crippen molar-refractivity contribution in [3.63, 3.8) is 0 Å². The van der Waals surface area contributed by atoms with E-state index in [1.807, 2.05) is 0 Å². The van der Waals surface area contributed by atoms with Crippen molar-refractivity contribution in [2.24, 2.45) is 0 Å². The summed E-state index contributed by atoms with van der Waals surface area (Å²) < 4.78 is 11.6. The lowest BCUT2D eigenvalue weighted by Gasteiger charge is -2.12. The van der Waals surface area contributed by atoms with Gasteiger partial charge in [0, 0.05) is 16.5 Å². The third-order valence-corrected chi connectivity index (χ3v) is 11.7. The van der Waals surface area contributed by atoms with Gasteiger partial charge in [0.25, 0.3) is 0 Å². The van der Waals surface area contributed by atoms with E-state index in [9.17, 15) is 0 Å². The molecule has 5 aromatic heterocycles. The number of nitrogens with zero attached hydrogens (tertiary/aromatic N) is 7. The van der Waals surface area contributed by atoms with Gasteiger partial charge >= 0.3 is 0 Å². The van der Waals surface area contributed by atoms with Crippen molar-refractivity contribution in [3.05, 3.63) is 188 Å². The standard InChI is InChI=1S/C50H31N7/c1-2-13-32(14-3-1)33-25-28-40-48(29-33)57-46-24-11-9-22-44(46)54(50(57)52-40)35-16-12-15-34(30-35)53-41-19-6-4-17-37(41)38-27-26-36(31-47(38)53)55-43-21-8-10-23-45(43)56-42-20-7-5-18-39(42)51-49(55)56/h1-31H. The number of fused-ring (bicyclic) bond motifs is 13. The van der Waals surface area contributed by atoms with Gasteiger partial charge in [-0.2, -0.15) is 0 Å². The first-order valence-electron chi connectivity index (χ1n) is 19.3. The Morgan fingerprint density at radius 2 is 0.825 bits per heavy atom. The van der Waals surface area contributed by atoms with E-state index in [0.29, 0.717) is 0 Å². The molecule has 0 unspecified atom stereocenters. The number of rotatable bonds is 4. The van der Waals surface area contributed by atoms with Crippen molar-refractivity contribution in [1.82, 2.24) is 32.5 Å². The van der Waals surface area contributed by atoms with Crippen molar-refractivity contribution >= 4 is 77.5 Å². The van der Waals surface area contributed by atoms with E-state index in [1.54, 1.807) is 0 Å². The van der Waals surface area contributed by atoms with Crippen LogP contribution < -0.4 is 0 Å². The lowest BCUT2D eigenvalue weighted by atomic mass is 10.1. The molecular weight excluding hydrogens is 699 g/mol. The fourth-order valence-corrected chi connectivity index (χ4v) is 9.22. The zero-order chi connectivity index (χ0) is 37.2. The largest absolute Gasteiger partial charge is 0.309 e. The highest BCUT2D eigenvalue weighted by Crippen LogP contribution is 2.37. The van der Waals surface area contributed by atoms with Crippen molar-refractivity contribution in [2.75, 3.05) is 0 Å². The Morgan fingerprint density at radius 3 is 1.56 bits per heavy atom. The van der Waals surface area contributed by atoms with Gasteiger partial charge in [0.1, 0.15) is 0 Å². The molecule has 0 bridgehead atoms. The molecule has 13 rings (SSSR count). The van der Waals surface area contributed by atoms with Crippen LogP contribution in [-0.4, -0.2) is 32.5 Å². The maximum absolute atomic E-state index is 5.27. The molecule has 0 N–H and O–H groups in total. The molecule has 0 aliphatic rings. The van der Waals surface area contributed by atoms with E-state index in [-0.39, 0.29) is 0 Å². The number of para-hydroxylation sites is 7. The van der Waals surface area contributed by atoms with Crippen molar-refractivity contribution in [1.29, 1.82) is 0 Å². The van der Waals surface area contributed by atoms with E-state index in [2.05, 4.69) is 211 Å². The average Bonchev–Trinajstić information content (AvgIpc) is 4.06. The molecule has 5 heterocycles. The summed E-state index contributed by atoms with van der Waals surface area (Å²) >= 11 is 0. The van der Waals surface area contributed by atoms with Gasteiger partial charge in [-0.1, -0.05) is 103 Å². The maximum Gasteiger partial charge on any atom is 0.220 e. The fraction of sp³-hybridized carbons (Fsp3) is 0. The summed E-state index contributed by atoms with van der Waals surface area (Å²) in [7, 11) is 0. The minimum absolute atomic E-state index is 0.883. The van der Waals surface area contributed by atoms with Gasteiger partial charge < -0.3 is 4.57 Å². The van der Waals surface area contributed by atoms with Crippen LogP contribution in [0.4, 0.5) is 0 Å². The third kappa shape index (κ3) is 4.20. The van der Waals surface area contributed by atoms with E-state index >= 15 is 0 Å². The van der Waals surface area contributed by atoms with E-state index in [1.165, 1.54) is 21.9 Å². The Labute approximate surface area is 325 Å². The SMILES string of the molecule is c1ccc(-c2ccc3nc4n(-c5cccc(-n6c7ccccc7c7ccc(-n8c9ccccc9n9c%10ccccc%10nc89)cc76)c5)c5ccccc5n4c3c2)cc1. The van der Waals surface area contributed by atoms with Crippen LogP contribution >= 0.6 is 0 Å². The Kier molecular flexibility index (Phi) is 6.04. The Hall–Kier alpha value is -7.90. The molecule has 0 aliphatic heterocycles. The Morgan fingerprint density at radius 1 is 0.281 bits per heavy atom. The van der Waals surface area contributed by atoms with Gasteiger partial charge in [-0.25, -0.2) is 9.97 Å². The van der Waals surface area contributed by atoms with Gasteiger partial charge in [-0.15, -0.1) is 0 Å². The molecule has 0 aliphatic carbocycles. The molecule has 0 spiro atoms. The molecule has 7 heteroatoms. The van der Waals surface area contributed by atoms with Crippen LogP contribution in [0.3, 0.4) is 0 Å². The van der Waals surface area contributed by atoms with Crippen LogP contribution in [0, 0.1) is 0 Å². The van der Waals surface area contributed by atoms with Crippen molar-refractivity contribution < 1.29 is 0 Å². The van der Waals surface area contributed by atoms with Crippen molar-refractivity contribution in [2.45, 2.75) is 0 Å². The zero-order valence-electron chi connectivity index (χ0n) is 30.5. The highest BCUT2D eigenvalue weighted by Gasteiger charge is 2.21. The molecule has 8 aromatic carbocycles. The smallest absolute Gasteiger partial charge is 0.220 e. The lowest BCUT2D eigenvalue weighted by molar-refractivity contribution is 1.09. The van der Waals surface area contributed by atoms with Crippen LogP contribution in [0.1, 0.15) is 0 Å². The highest BCUT2D eigenvalue weighted by atomic mass is 15.2. The van der Waals surface area contributed by atoms with Crippen LogP contribution in [0.25, 0.3) is 106 Å². The van der Waals surface area contributed by atoms with Gasteiger partial charge in [0.15, 0.2) is 0 Å². The molecule has 13 aromatic rings. The summed E-state index contributed by atoms with van der Waals surface area (Å²) in [6.07, 6.45) is 0. The topological polar surface area (TPSA) is 49.4 Å². The summed E-state index contributed by atoms with van der Waals surface area (Å²) in [5.74, 6) is 1.78.